The molecule has 2 aromatic heterocycles. The van der Waals surface area contributed by atoms with Gasteiger partial charge in [-0.2, -0.15) is 5.10 Å². The van der Waals surface area contributed by atoms with Crippen LogP contribution in [0.2, 0.25) is 0 Å². The van der Waals surface area contributed by atoms with Gasteiger partial charge >= 0.3 is 0 Å². The Morgan fingerprint density at radius 2 is 2.16 bits per heavy atom. The lowest BCUT2D eigenvalue weighted by molar-refractivity contribution is 0.711. The molecule has 0 aliphatic heterocycles. The van der Waals surface area contributed by atoms with Crippen LogP contribution >= 0.6 is 0 Å². The summed E-state index contributed by atoms with van der Waals surface area (Å²) in [6.45, 7) is 5.16. The van der Waals surface area contributed by atoms with Crippen LogP contribution in [0, 0.1) is 0 Å². The van der Waals surface area contributed by atoms with Crippen molar-refractivity contribution in [2.75, 3.05) is 11.9 Å². The van der Waals surface area contributed by atoms with Gasteiger partial charge in [0.05, 0.1) is 11.9 Å². The smallest absolute Gasteiger partial charge is 0.137 e. The number of aromatic nitrogens is 4. The third-order valence-electron chi connectivity index (χ3n) is 3.62. The lowest BCUT2D eigenvalue weighted by Crippen LogP contribution is -2.10. The Morgan fingerprint density at radius 3 is 2.74 bits per heavy atom. The van der Waals surface area contributed by atoms with Gasteiger partial charge in [0.1, 0.15) is 11.6 Å². The maximum Gasteiger partial charge on any atom is 0.137 e. The van der Waals surface area contributed by atoms with E-state index in [0.29, 0.717) is 0 Å². The zero-order chi connectivity index (χ0) is 13.5. The molecule has 1 N–H and O–H groups in total. The molecule has 0 saturated heterocycles. The number of nitrogens with zero attached hydrogens (tertiary/aromatic N) is 4. The van der Waals surface area contributed by atoms with Crippen molar-refractivity contribution < 1.29 is 0 Å². The summed E-state index contributed by atoms with van der Waals surface area (Å²) < 4.78 is 1.79. The van der Waals surface area contributed by atoms with Crippen LogP contribution in [0.1, 0.15) is 32.5 Å². The van der Waals surface area contributed by atoms with Crippen molar-refractivity contribution in [2.24, 2.45) is 7.05 Å². The summed E-state index contributed by atoms with van der Waals surface area (Å²) in [4.78, 5) is 9.37. The summed E-state index contributed by atoms with van der Waals surface area (Å²) in [5.41, 5.74) is 2.15. The van der Waals surface area contributed by atoms with Gasteiger partial charge in [-0.25, -0.2) is 9.97 Å². The molecule has 0 spiro atoms. The maximum absolute atomic E-state index is 4.73. The minimum atomic E-state index is 0.169. The van der Waals surface area contributed by atoms with E-state index in [0.717, 1.165) is 29.4 Å². The van der Waals surface area contributed by atoms with Gasteiger partial charge in [-0.05, 0) is 19.8 Å². The maximum atomic E-state index is 4.73. The van der Waals surface area contributed by atoms with Crippen molar-refractivity contribution in [3.63, 3.8) is 0 Å². The molecule has 1 saturated carbocycles. The van der Waals surface area contributed by atoms with Gasteiger partial charge in [-0.3, -0.25) is 4.68 Å². The quantitative estimate of drug-likeness (QED) is 0.913. The summed E-state index contributed by atoms with van der Waals surface area (Å²) in [5.74, 6) is 1.85. The molecule has 5 nitrogen and oxygen atoms in total. The second kappa shape index (κ2) is 4.33. The minimum absolute atomic E-state index is 0.169. The molecule has 1 aliphatic rings. The summed E-state index contributed by atoms with van der Waals surface area (Å²) in [6.07, 6.45) is 6.18. The Kier molecular flexibility index (Phi) is 2.77. The zero-order valence-corrected chi connectivity index (χ0v) is 11.6. The Hall–Kier alpha value is -1.91. The molecular weight excluding hydrogens is 238 g/mol. The highest BCUT2D eigenvalue weighted by Crippen LogP contribution is 2.46. The zero-order valence-electron chi connectivity index (χ0n) is 11.6. The normalized spacial score (nSPS) is 16.4. The lowest BCUT2D eigenvalue weighted by Gasteiger charge is -2.11. The number of hydrogen-bond acceptors (Lipinski definition) is 4. The van der Waals surface area contributed by atoms with Gasteiger partial charge in [-0.1, -0.05) is 6.92 Å². The number of hydrogen-bond donors (Lipinski definition) is 1. The first kappa shape index (κ1) is 12.1. The standard InChI is InChI=1S/C14H19N5/c1-4-15-12-7-11(10-8-16-19(3)9-10)17-13(18-12)14(2)5-6-14/h7-9H,4-6H2,1-3H3,(H,15,17,18). The average Bonchev–Trinajstić information content (AvgIpc) is 2.99. The fraction of sp³-hybridized carbons (Fsp3) is 0.500. The fourth-order valence-electron chi connectivity index (χ4n) is 2.10. The first-order valence-electron chi connectivity index (χ1n) is 6.73. The molecule has 100 valence electrons. The second-order valence-corrected chi connectivity index (χ2v) is 5.46. The molecular formula is C14H19N5. The van der Waals surface area contributed by atoms with Gasteiger partial charge in [0.15, 0.2) is 0 Å². The number of aryl methyl sites for hydroxylation is 1. The molecule has 3 rings (SSSR count). The third-order valence-corrected chi connectivity index (χ3v) is 3.62. The van der Waals surface area contributed by atoms with Gasteiger partial charge in [0.2, 0.25) is 0 Å². The highest BCUT2D eigenvalue weighted by atomic mass is 15.2. The Bertz CT molecular complexity index is 598. The van der Waals surface area contributed by atoms with Gasteiger partial charge < -0.3 is 5.32 Å². The van der Waals surface area contributed by atoms with E-state index in [1.54, 1.807) is 4.68 Å². The van der Waals surface area contributed by atoms with Crippen molar-refractivity contribution in [3.8, 4) is 11.3 Å². The first-order chi connectivity index (χ1) is 9.10. The van der Waals surface area contributed by atoms with Crippen molar-refractivity contribution in [1.82, 2.24) is 19.7 Å². The van der Waals surface area contributed by atoms with Crippen molar-refractivity contribution in [1.29, 1.82) is 0 Å². The van der Waals surface area contributed by atoms with Crippen LogP contribution in [0.25, 0.3) is 11.3 Å². The topological polar surface area (TPSA) is 55.6 Å². The van der Waals surface area contributed by atoms with E-state index < -0.39 is 0 Å². The van der Waals surface area contributed by atoms with Crippen molar-refractivity contribution in [3.05, 3.63) is 24.3 Å². The molecule has 0 unspecified atom stereocenters. The van der Waals surface area contributed by atoms with E-state index in [1.165, 1.54) is 12.8 Å². The molecule has 0 bridgehead atoms. The van der Waals surface area contributed by atoms with Crippen LogP contribution in [0.4, 0.5) is 5.82 Å². The van der Waals surface area contributed by atoms with E-state index in [4.69, 9.17) is 4.98 Å². The van der Waals surface area contributed by atoms with Gasteiger partial charge in [0.25, 0.3) is 0 Å². The first-order valence-corrected chi connectivity index (χ1v) is 6.73. The summed E-state index contributed by atoms with van der Waals surface area (Å²) in [5, 5.41) is 7.50. The van der Waals surface area contributed by atoms with Crippen molar-refractivity contribution in [2.45, 2.75) is 32.1 Å². The van der Waals surface area contributed by atoms with Crippen LogP contribution < -0.4 is 5.32 Å². The van der Waals surface area contributed by atoms with Crippen LogP contribution in [0.5, 0.6) is 0 Å². The third kappa shape index (κ3) is 2.32. The summed E-state index contributed by atoms with van der Waals surface area (Å²) >= 11 is 0. The van der Waals surface area contributed by atoms with Crippen LogP contribution in [0.15, 0.2) is 18.5 Å². The van der Waals surface area contributed by atoms with E-state index in [2.05, 4.69) is 29.2 Å². The molecule has 0 radical (unpaired) electrons. The molecule has 19 heavy (non-hydrogen) atoms. The van der Waals surface area contributed by atoms with E-state index in [1.807, 2.05) is 25.5 Å². The molecule has 0 atom stereocenters. The van der Waals surface area contributed by atoms with Gasteiger partial charge in [0, 0.05) is 36.8 Å². The summed E-state index contributed by atoms with van der Waals surface area (Å²) in [6, 6.07) is 2.00. The van der Waals surface area contributed by atoms with E-state index in [9.17, 15) is 0 Å². The largest absolute Gasteiger partial charge is 0.370 e. The van der Waals surface area contributed by atoms with Crippen LogP contribution in [0.3, 0.4) is 0 Å². The van der Waals surface area contributed by atoms with Crippen molar-refractivity contribution >= 4 is 5.82 Å². The number of nitrogens with one attached hydrogen (secondary N) is 1. The molecule has 2 heterocycles. The minimum Gasteiger partial charge on any atom is -0.370 e. The predicted octanol–water partition coefficient (Wildman–Crippen LogP) is 2.36. The molecule has 1 aliphatic carbocycles. The van der Waals surface area contributed by atoms with Gasteiger partial charge in [-0.15, -0.1) is 0 Å². The SMILES string of the molecule is CCNc1cc(-c2cnn(C)c2)nc(C2(C)CC2)n1. The highest BCUT2D eigenvalue weighted by Gasteiger charge is 2.42. The fourth-order valence-corrected chi connectivity index (χ4v) is 2.10. The Labute approximate surface area is 113 Å². The molecule has 2 aromatic rings. The lowest BCUT2D eigenvalue weighted by atomic mass is 10.1. The Morgan fingerprint density at radius 1 is 1.37 bits per heavy atom. The van der Waals surface area contributed by atoms with E-state index in [-0.39, 0.29) is 5.41 Å². The predicted molar refractivity (Wildman–Crippen MR) is 75.0 cm³/mol. The van der Waals surface area contributed by atoms with Crippen LogP contribution in [-0.2, 0) is 12.5 Å². The second-order valence-electron chi connectivity index (χ2n) is 5.46. The Balaban J connectivity index is 2.05. The number of rotatable bonds is 4. The molecule has 5 heteroatoms. The summed E-state index contributed by atoms with van der Waals surface area (Å²) in [7, 11) is 1.92. The molecule has 0 amide bonds. The van der Waals surface area contributed by atoms with E-state index >= 15 is 0 Å². The number of anilines is 1. The molecule has 1 fully saturated rings. The average molecular weight is 257 g/mol. The molecule has 0 aromatic carbocycles. The highest BCUT2D eigenvalue weighted by molar-refractivity contribution is 5.61. The monoisotopic (exact) mass is 257 g/mol. The van der Waals surface area contributed by atoms with Crippen LogP contribution in [-0.4, -0.2) is 26.3 Å².